The smallest absolute Gasteiger partial charge is 0.273 e. The second-order valence-corrected chi connectivity index (χ2v) is 4.28. The van der Waals surface area contributed by atoms with E-state index in [2.05, 4.69) is 14.9 Å². The van der Waals surface area contributed by atoms with Gasteiger partial charge >= 0.3 is 0 Å². The molecular weight excluding hydrogens is 217 g/mol. The third kappa shape index (κ3) is 2.50. The summed E-state index contributed by atoms with van der Waals surface area (Å²) >= 11 is 1.12. The molecule has 1 aliphatic rings. The lowest BCUT2D eigenvalue weighted by Gasteiger charge is -2.26. The summed E-state index contributed by atoms with van der Waals surface area (Å²) in [6, 6.07) is -0.354. The van der Waals surface area contributed by atoms with E-state index in [9.17, 15) is 9.18 Å². The van der Waals surface area contributed by atoms with Gasteiger partial charge in [-0.25, -0.2) is 4.39 Å². The second kappa shape index (κ2) is 4.65. The Balaban J connectivity index is 1.93. The molecule has 2 atom stereocenters. The summed E-state index contributed by atoms with van der Waals surface area (Å²) in [6.07, 6.45) is 2.21. The number of carbonyl (C=O) groups is 1. The number of halogens is 1. The normalized spacial score (nSPS) is 26.2. The number of hydrogen-bond donors (Lipinski definition) is 1. The molecule has 0 bridgehead atoms. The topological polar surface area (TPSA) is 54.9 Å². The minimum absolute atomic E-state index is 0.276. The van der Waals surface area contributed by atoms with Crippen molar-refractivity contribution in [1.82, 2.24) is 14.9 Å². The van der Waals surface area contributed by atoms with Crippen LogP contribution in [0, 0.1) is 0 Å². The molecule has 0 aromatic carbocycles. The number of alkyl halides is 1. The molecule has 1 aliphatic carbocycles. The van der Waals surface area contributed by atoms with E-state index >= 15 is 0 Å². The van der Waals surface area contributed by atoms with Crippen LogP contribution in [-0.4, -0.2) is 27.7 Å². The van der Waals surface area contributed by atoms with Gasteiger partial charge < -0.3 is 5.32 Å². The number of nitrogens with one attached hydrogen (secondary N) is 1. The maximum absolute atomic E-state index is 13.4. The summed E-state index contributed by atoms with van der Waals surface area (Å²) in [5.41, 5.74) is 0.276. The zero-order valence-corrected chi connectivity index (χ0v) is 8.97. The zero-order valence-electron chi connectivity index (χ0n) is 8.15. The lowest BCUT2D eigenvalue weighted by atomic mass is 9.93. The highest BCUT2D eigenvalue weighted by Crippen LogP contribution is 2.21. The second-order valence-electron chi connectivity index (χ2n) is 3.67. The quantitative estimate of drug-likeness (QED) is 0.837. The molecule has 1 aromatic rings. The average molecular weight is 229 g/mol. The minimum atomic E-state index is -0.922. The Morgan fingerprint density at radius 2 is 2.33 bits per heavy atom. The first-order chi connectivity index (χ1) is 7.27. The average Bonchev–Trinajstić information content (AvgIpc) is 2.74. The molecule has 1 N–H and O–H groups in total. The summed E-state index contributed by atoms with van der Waals surface area (Å²) < 4.78 is 17.0. The molecule has 0 radical (unpaired) electrons. The van der Waals surface area contributed by atoms with E-state index in [-0.39, 0.29) is 17.6 Å². The van der Waals surface area contributed by atoms with Crippen LogP contribution >= 0.6 is 11.5 Å². The first-order valence-corrected chi connectivity index (χ1v) is 5.83. The van der Waals surface area contributed by atoms with Crippen LogP contribution in [0.2, 0.25) is 0 Å². The molecule has 1 saturated carbocycles. The minimum Gasteiger partial charge on any atom is -0.345 e. The van der Waals surface area contributed by atoms with Gasteiger partial charge in [-0.1, -0.05) is 17.3 Å². The van der Waals surface area contributed by atoms with Crippen molar-refractivity contribution in [2.24, 2.45) is 0 Å². The Kier molecular flexibility index (Phi) is 3.25. The van der Waals surface area contributed by atoms with Crippen molar-refractivity contribution >= 4 is 17.4 Å². The molecule has 82 valence electrons. The number of carbonyl (C=O) groups excluding carboxylic acids is 1. The van der Waals surface area contributed by atoms with Crippen molar-refractivity contribution in [2.75, 3.05) is 0 Å². The van der Waals surface area contributed by atoms with E-state index in [1.165, 1.54) is 0 Å². The van der Waals surface area contributed by atoms with Crippen molar-refractivity contribution in [2.45, 2.75) is 37.9 Å². The van der Waals surface area contributed by atoms with E-state index in [1.807, 2.05) is 0 Å². The number of hydrogen-bond acceptors (Lipinski definition) is 4. The van der Waals surface area contributed by atoms with Gasteiger partial charge in [0, 0.05) is 5.38 Å². The van der Waals surface area contributed by atoms with E-state index in [0.717, 1.165) is 24.4 Å². The summed E-state index contributed by atoms with van der Waals surface area (Å²) in [4.78, 5) is 11.5. The van der Waals surface area contributed by atoms with Gasteiger partial charge in [0.15, 0.2) is 5.69 Å². The van der Waals surface area contributed by atoms with Gasteiger partial charge in [-0.3, -0.25) is 4.79 Å². The lowest BCUT2D eigenvalue weighted by molar-refractivity contribution is 0.0879. The maximum atomic E-state index is 13.4. The van der Waals surface area contributed by atoms with Crippen LogP contribution in [-0.2, 0) is 0 Å². The molecule has 15 heavy (non-hydrogen) atoms. The predicted octanol–water partition coefficient (Wildman–Crippen LogP) is 1.55. The fourth-order valence-corrected chi connectivity index (χ4v) is 2.19. The van der Waals surface area contributed by atoms with Crippen molar-refractivity contribution in [1.29, 1.82) is 0 Å². The first-order valence-electron chi connectivity index (χ1n) is 4.99. The van der Waals surface area contributed by atoms with Crippen LogP contribution in [0.25, 0.3) is 0 Å². The largest absolute Gasteiger partial charge is 0.345 e. The van der Waals surface area contributed by atoms with Crippen molar-refractivity contribution in [3.63, 3.8) is 0 Å². The molecule has 0 aliphatic heterocycles. The molecule has 0 saturated heterocycles. The van der Waals surface area contributed by atoms with Gasteiger partial charge in [0.1, 0.15) is 6.17 Å². The number of nitrogens with zero attached hydrogens (tertiary/aromatic N) is 2. The summed E-state index contributed by atoms with van der Waals surface area (Å²) in [5, 5.41) is 7.86. The molecule has 1 aromatic heterocycles. The molecule has 4 nitrogen and oxygen atoms in total. The Morgan fingerprint density at radius 1 is 1.53 bits per heavy atom. The Morgan fingerprint density at radius 3 is 3.00 bits per heavy atom. The number of aromatic nitrogens is 2. The lowest BCUT2D eigenvalue weighted by Crippen LogP contribution is -2.43. The monoisotopic (exact) mass is 229 g/mol. The standard InChI is InChI=1S/C9H12FN3OS/c10-6-3-1-2-4-7(6)11-9(14)8-5-15-13-12-8/h5-7H,1-4H2,(H,11,14)/t6-,7-/m1/s1. The highest BCUT2D eigenvalue weighted by molar-refractivity contribution is 7.03. The first kappa shape index (κ1) is 10.5. The molecular formula is C9H12FN3OS. The molecule has 1 amide bonds. The van der Waals surface area contributed by atoms with Crippen LogP contribution in [0.1, 0.15) is 36.2 Å². The Hall–Kier alpha value is -1.04. The van der Waals surface area contributed by atoms with Gasteiger partial charge in [0.2, 0.25) is 0 Å². The van der Waals surface area contributed by atoms with Crippen molar-refractivity contribution < 1.29 is 9.18 Å². The summed E-state index contributed by atoms with van der Waals surface area (Å²) in [6.45, 7) is 0. The van der Waals surface area contributed by atoms with Crippen molar-refractivity contribution in [3.05, 3.63) is 11.1 Å². The van der Waals surface area contributed by atoms with Gasteiger partial charge in [0.25, 0.3) is 5.91 Å². The third-order valence-corrected chi connectivity index (χ3v) is 3.10. The van der Waals surface area contributed by atoms with E-state index < -0.39 is 6.17 Å². The Labute approximate surface area is 91.0 Å². The van der Waals surface area contributed by atoms with Gasteiger partial charge in [-0.15, -0.1) is 5.10 Å². The molecule has 0 unspecified atom stereocenters. The summed E-state index contributed by atoms with van der Waals surface area (Å²) in [7, 11) is 0. The fourth-order valence-electron chi connectivity index (χ4n) is 1.75. The summed E-state index contributed by atoms with van der Waals surface area (Å²) in [5.74, 6) is -0.321. The maximum Gasteiger partial charge on any atom is 0.273 e. The molecule has 0 spiro atoms. The zero-order chi connectivity index (χ0) is 10.7. The van der Waals surface area contributed by atoms with E-state index in [1.54, 1.807) is 5.38 Å². The number of rotatable bonds is 2. The Bertz CT molecular complexity index is 330. The highest BCUT2D eigenvalue weighted by Gasteiger charge is 2.26. The third-order valence-electron chi connectivity index (χ3n) is 2.59. The van der Waals surface area contributed by atoms with E-state index in [4.69, 9.17) is 0 Å². The van der Waals surface area contributed by atoms with E-state index in [0.29, 0.717) is 12.8 Å². The highest BCUT2D eigenvalue weighted by atomic mass is 32.1. The van der Waals surface area contributed by atoms with Crippen LogP contribution in [0.3, 0.4) is 0 Å². The molecule has 1 heterocycles. The van der Waals surface area contributed by atoms with Gasteiger partial charge in [-0.05, 0) is 24.4 Å². The van der Waals surface area contributed by atoms with Crippen molar-refractivity contribution in [3.8, 4) is 0 Å². The SMILES string of the molecule is O=C(N[C@@H]1CCCC[C@H]1F)c1csnn1. The fraction of sp³-hybridized carbons (Fsp3) is 0.667. The molecule has 6 heteroatoms. The van der Waals surface area contributed by atoms with Crippen LogP contribution in [0.15, 0.2) is 5.38 Å². The predicted molar refractivity (Wildman–Crippen MR) is 54.5 cm³/mol. The molecule has 1 fully saturated rings. The van der Waals surface area contributed by atoms with Gasteiger partial charge in [-0.2, -0.15) is 0 Å². The molecule has 2 rings (SSSR count). The van der Waals surface area contributed by atoms with Crippen LogP contribution in [0.4, 0.5) is 4.39 Å². The van der Waals surface area contributed by atoms with Gasteiger partial charge in [0.05, 0.1) is 6.04 Å². The van der Waals surface area contributed by atoms with Crippen LogP contribution in [0.5, 0.6) is 0 Å². The number of amides is 1. The van der Waals surface area contributed by atoms with Crippen LogP contribution < -0.4 is 5.32 Å².